The maximum atomic E-state index is 13.4. The Balaban J connectivity index is 1.43. The first-order chi connectivity index (χ1) is 16.0. The molecule has 0 spiro atoms. The van der Waals surface area contributed by atoms with Crippen LogP contribution in [0.1, 0.15) is 24.9 Å². The van der Waals surface area contributed by atoms with Gasteiger partial charge in [-0.15, -0.1) is 0 Å². The summed E-state index contributed by atoms with van der Waals surface area (Å²) in [5, 5.41) is 6.00. The first kappa shape index (κ1) is 21.7. The molecular formula is C24H22ClN5O2S. The Bertz CT molecular complexity index is 1380. The molecular weight excluding hydrogens is 458 g/mol. The lowest BCUT2D eigenvalue weighted by molar-refractivity contribution is -0.132. The number of amides is 1. The Hall–Kier alpha value is -3.10. The van der Waals surface area contributed by atoms with Crippen molar-refractivity contribution in [2.45, 2.75) is 31.1 Å². The molecule has 168 valence electrons. The van der Waals surface area contributed by atoms with Crippen LogP contribution in [0.5, 0.6) is 0 Å². The van der Waals surface area contributed by atoms with Gasteiger partial charge in [0.2, 0.25) is 5.91 Å². The molecule has 0 fully saturated rings. The molecule has 33 heavy (non-hydrogen) atoms. The Kier molecular flexibility index (Phi) is 5.95. The lowest BCUT2D eigenvalue weighted by Gasteiger charge is -2.23. The smallest absolute Gasteiger partial charge is 0.265 e. The number of hydrogen-bond donors (Lipinski definition) is 0. The molecule has 1 atom stereocenters. The Labute approximate surface area is 200 Å². The number of rotatable bonds is 6. The van der Waals surface area contributed by atoms with Crippen molar-refractivity contribution in [1.82, 2.24) is 24.2 Å². The van der Waals surface area contributed by atoms with Gasteiger partial charge >= 0.3 is 0 Å². The summed E-state index contributed by atoms with van der Waals surface area (Å²) in [4.78, 5) is 33.0. The predicted octanol–water partition coefficient (Wildman–Crippen LogP) is 4.32. The molecule has 1 unspecified atom stereocenters. The number of nitrogens with zero attached hydrogens (tertiary/aromatic N) is 5. The first-order valence-electron chi connectivity index (χ1n) is 10.8. The molecule has 0 radical (unpaired) electrons. The molecule has 1 aliphatic rings. The number of carbonyl (C=O) groups excluding carboxylic acids is 1. The molecule has 9 heteroatoms. The largest absolute Gasteiger partial charge is 0.339 e. The van der Waals surface area contributed by atoms with Crippen molar-refractivity contribution in [3.63, 3.8) is 0 Å². The molecule has 3 heterocycles. The maximum absolute atomic E-state index is 13.4. The van der Waals surface area contributed by atoms with Gasteiger partial charge in [-0.1, -0.05) is 59.8 Å². The van der Waals surface area contributed by atoms with Crippen LogP contribution < -0.4 is 5.56 Å². The normalized spacial score (nSPS) is 15.0. The Morgan fingerprint density at radius 2 is 2.03 bits per heavy atom. The average Bonchev–Trinajstić information content (AvgIpc) is 3.43. The summed E-state index contributed by atoms with van der Waals surface area (Å²) >= 11 is 7.62. The van der Waals surface area contributed by atoms with Gasteiger partial charge in [0.25, 0.3) is 5.56 Å². The van der Waals surface area contributed by atoms with Crippen molar-refractivity contribution >= 4 is 40.3 Å². The van der Waals surface area contributed by atoms with Crippen molar-refractivity contribution in [3.8, 4) is 5.69 Å². The highest BCUT2D eigenvalue weighted by molar-refractivity contribution is 7.99. The summed E-state index contributed by atoms with van der Waals surface area (Å²) in [7, 11) is 0. The minimum absolute atomic E-state index is 0.0291. The first-order valence-corrected chi connectivity index (χ1v) is 12.1. The summed E-state index contributed by atoms with van der Waals surface area (Å²) in [5.74, 6) is 0.662. The molecule has 0 aliphatic carbocycles. The summed E-state index contributed by atoms with van der Waals surface area (Å²) in [6, 6.07) is 17.0. The second kappa shape index (κ2) is 9.03. The van der Waals surface area contributed by atoms with Gasteiger partial charge in [-0.05, 0) is 30.7 Å². The van der Waals surface area contributed by atoms with Gasteiger partial charge in [0.1, 0.15) is 5.39 Å². The van der Waals surface area contributed by atoms with Crippen LogP contribution in [-0.2, 0) is 11.3 Å². The number of benzene rings is 2. The summed E-state index contributed by atoms with van der Waals surface area (Å²) in [6.07, 6.45) is 1.80. The van der Waals surface area contributed by atoms with Crippen molar-refractivity contribution in [3.05, 3.63) is 81.7 Å². The van der Waals surface area contributed by atoms with E-state index < -0.39 is 0 Å². The van der Waals surface area contributed by atoms with E-state index in [0.717, 1.165) is 11.3 Å². The molecule has 4 aromatic rings. The minimum atomic E-state index is -0.235. The maximum Gasteiger partial charge on any atom is 0.265 e. The predicted molar refractivity (Wildman–Crippen MR) is 130 cm³/mol. The van der Waals surface area contributed by atoms with Crippen LogP contribution in [0, 0.1) is 0 Å². The fourth-order valence-corrected chi connectivity index (χ4v) is 5.40. The lowest BCUT2D eigenvalue weighted by Crippen LogP contribution is -2.34. The highest BCUT2D eigenvalue weighted by Gasteiger charge is 2.30. The zero-order chi connectivity index (χ0) is 22.9. The molecule has 2 aromatic carbocycles. The second-order valence-electron chi connectivity index (χ2n) is 7.91. The molecule has 7 nitrogen and oxygen atoms in total. The van der Waals surface area contributed by atoms with E-state index >= 15 is 0 Å². The van der Waals surface area contributed by atoms with Gasteiger partial charge < -0.3 is 4.90 Å². The Morgan fingerprint density at radius 1 is 1.21 bits per heavy atom. The SMILES string of the molecule is CCN(Cc1ccccc1)C(=O)CC1CSc2nc3c(cnn3-c3cccc(Cl)c3)c(=O)n21. The number of aromatic nitrogens is 4. The molecule has 1 amide bonds. The van der Waals surface area contributed by atoms with Gasteiger partial charge in [0, 0.05) is 30.3 Å². The van der Waals surface area contributed by atoms with E-state index in [2.05, 4.69) is 5.10 Å². The van der Waals surface area contributed by atoms with Crippen LogP contribution in [0.2, 0.25) is 5.02 Å². The molecule has 0 bridgehead atoms. The van der Waals surface area contributed by atoms with Crippen molar-refractivity contribution in [2.75, 3.05) is 12.3 Å². The number of hydrogen-bond acceptors (Lipinski definition) is 5. The van der Waals surface area contributed by atoms with Gasteiger partial charge in [0.15, 0.2) is 10.8 Å². The third-order valence-electron chi connectivity index (χ3n) is 5.78. The van der Waals surface area contributed by atoms with Crippen LogP contribution in [0.15, 0.2) is 70.7 Å². The zero-order valence-electron chi connectivity index (χ0n) is 18.0. The van der Waals surface area contributed by atoms with Crippen LogP contribution in [0.25, 0.3) is 16.7 Å². The van der Waals surface area contributed by atoms with Crippen LogP contribution >= 0.6 is 23.4 Å². The highest BCUT2D eigenvalue weighted by atomic mass is 35.5. The Morgan fingerprint density at radius 3 is 2.79 bits per heavy atom. The molecule has 2 aromatic heterocycles. The van der Waals surface area contributed by atoms with E-state index in [9.17, 15) is 9.59 Å². The monoisotopic (exact) mass is 479 g/mol. The minimum Gasteiger partial charge on any atom is -0.339 e. The molecule has 0 saturated heterocycles. The van der Waals surface area contributed by atoms with Gasteiger partial charge in [-0.3, -0.25) is 14.2 Å². The highest BCUT2D eigenvalue weighted by Crippen LogP contribution is 2.34. The van der Waals surface area contributed by atoms with Crippen LogP contribution in [0.3, 0.4) is 0 Å². The molecule has 0 N–H and O–H groups in total. The number of halogens is 1. The van der Waals surface area contributed by atoms with E-state index in [1.165, 1.54) is 18.0 Å². The third kappa shape index (κ3) is 4.16. The number of carbonyl (C=O) groups is 1. The fourth-order valence-electron chi connectivity index (χ4n) is 4.09. The molecule has 0 saturated carbocycles. The van der Waals surface area contributed by atoms with Gasteiger partial charge in [0.05, 0.1) is 17.9 Å². The van der Waals surface area contributed by atoms with E-state index in [1.54, 1.807) is 21.4 Å². The number of fused-ring (bicyclic) bond motifs is 2. The van der Waals surface area contributed by atoms with E-state index in [1.807, 2.05) is 54.3 Å². The van der Waals surface area contributed by atoms with E-state index in [4.69, 9.17) is 16.6 Å². The van der Waals surface area contributed by atoms with Crippen LogP contribution in [-0.4, -0.2) is 42.4 Å². The van der Waals surface area contributed by atoms with E-state index in [-0.39, 0.29) is 23.9 Å². The quantitative estimate of drug-likeness (QED) is 0.385. The lowest BCUT2D eigenvalue weighted by atomic mass is 10.1. The molecule has 1 aliphatic heterocycles. The van der Waals surface area contributed by atoms with Gasteiger partial charge in [-0.25, -0.2) is 9.67 Å². The second-order valence-corrected chi connectivity index (χ2v) is 9.33. The third-order valence-corrected chi connectivity index (χ3v) is 7.12. The summed E-state index contributed by atoms with van der Waals surface area (Å²) in [5.41, 5.74) is 2.15. The van der Waals surface area contributed by atoms with Gasteiger partial charge in [-0.2, -0.15) is 5.10 Å². The van der Waals surface area contributed by atoms with Crippen molar-refractivity contribution in [1.29, 1.82) is 0 Å². The van der Waals surface area contributed by atoms with Crippen molar-refractivity contribution < 1.29 is 4.79 Å². The zero-order valence-corrected chi connectivity index (χ0v) is 19.6. The standard InChI is InChI=1S/C24H22ClN5O2S/c1-2-28(14-16-7-4-3-5-8-16)21(31)12-19-15-33-24-27-22-20(23(32)29(19)24)13-26-30(22)18-10-6-9-17(25)11-18/h3-11,13,19H,2,12,14-15H2,1H3. The number of thioether (sulfide) groups is 1. The average molecular weight is 480 g/mol. The van der Waals surface area contributed by atoms with E-state index in [0.29, 0.717) is 40.1 Å². The van der Waals surface area contributed by atoms with Crippen molar-refractivity contribution in [2.24, 2.45) is 0 Å². The molecule has 5 rings (SSSR count). The summed E-state index contributed by atoms with van der Waals surface area (Å²) in [6.45, 7) is 3.14. The van der Waals surface area contributed by atoms with Crippen LogP contribution in [0.4, 0.5) is 0 Å². The fraction of sp³-hybridized carbons (Fsp3) is 0.250. The topological polar surface area (TPSA) is 73.0 Å². The summed E-state index contributed by atoms with van der Waals surface area (Å²) < 4.78 is 3.28.